The van der Waals surface area contributed by atoms with Gasteiger partial charge in [0.1, 0.15) is 0 Å². The summed E-state index contributed by atoms with van der Waals surface area (Å²) in [7, 11) is 0. The van der Waals surface area contributed by atoms with Crippen LogP contribution in [-0.4, -0.2) is 36.1 Å². The number of nitrogens with zero attached hydrogens (tertiary/aromatic N) is 1. The molecule has 0 aromatic rings. The lowest BCUT2D eigenvalue weighted by atomic mass is 9.86. The number of hydrogen-bond donors (Lipinski definition) is 1. The van der Waals surface area contributed by atoms with E-state index in [2.05, 4.69) is 37.9 Å². The average Bonchev–Trinajstić information content (AvgIpc) is 2.28. The summed E-state index contributed by atoms with van der Waals surface area (Å²) in [5.74, 6) is 1.73. The van der Waals surface area contributed by atoms with Crippen molar-refractivity contribution in [3.8, 4) is 0 Å². The largest absolute Gasteiger partial charge is 0.309 e. The molecule has 2 fully saturated rings. The van der Waals surface area contributed by atoms with Crippen molar-refractivity contribution in [2.45, 2.75) is 71.4 Å². The first-order valence-electron chi connectivity index (χ1n) is 7.97. The van der Waals surface area contributed by atoms with Gasteiger partial charge in [-0.2, -0.15) is 0 Å². The van der Waals surface area contributed by atoms with E-state index in [1.807, 2.05) is 0 Å². The second kappa shape index (κ2) is 5.92. The summed E-state index contributed by atoms with van der Waals surface area (Å²) < 4.78 is 0. The van der Waals surface area contributed by atoms with Gasteiger partial charge in [-0.05, 0) is 38.5 Å². The Morgan fingerprint density at radius 2 is 1.83 bits per heavy atom. The van der Waals surface area contributed by atoms with E-state index in [1.54, 1.807) is 0 Å². The van der Waals surface area contributed by atoms with E-state index in [4.69, 9.17) is 0 Å². The maximum Gasteiger partial charge on any atom is 0.0252 e. The van der Waals surface area contributed by atoms with E-state index in [-0.39, 0.29) is 0 Å². The molecule has 1 unspecified atom stereocenters. The van der Waals surface area contributed by atoms with Gasteiger partial charge < -0.3 is 5.32 Å². The Balaban J connectivity index is 1.95. The molecule has 2 nitrogen and oxygen atoms in total. The van der Waals surface area contributed by atoms with Crippen molar-refractivity contribution >= 4 is 0 Å². The Hall–Kier alpha value is -0.0800. The molecule has 1 atom stereocenters. The standard InChI is InChI=1S/C16H32N2/c1-13(2)15-10-17-16(3,4)12-18(15)11-14-8-6-5-7-9-14/h13-15,17H,5-12H2,1-4H3. The van der Waals surface area contributed by atoms with Crippen molar-refractivity contribution in [1.29, 1.82) is 0 Å². The quantitative estimate of drug-likeness (QED) is 0.829. The fraction of sp³-hybridized carbons (Fsp3) is 1.00. The van der Waals surface area contributed by atoms with Crippen LogP contribution in [0.4, 0.5) is 0 Å². The molecule has 0 bridgehead atoms. The van der Waals surface area contributed by atoms with Crippen LogP contribution in [0.2, 0.25) is 0 Å². The lowest BCUT2D eigenvalue weighted by Gasteiger charge is -2.47. The van der Waals surface area contributed by atoms with Crippen LogP contribution in [0.1, 0.15) is 59.8 Å². The van der Waals surface area contributed by atoms with Crippen LogP contribution < -0.4 is 5.32 Å². The summed E-state index contributed by atoms with van der Waals surface area (Å²) >= 11 is 0. The molecule has 0 amide bonds. The van der Waals surface area contributed by atoms with Crippen molar-refractivity contribution in [3.63, 3.8) is 0 Å². The molecule has 1 heterocycles. The number of piperazine rings is 1. The molecule has 1 aliphatic heterocycles. The van der Waals surface area contributed by atoms with Gasteiger partial charge in [-0.25, -0.2) is 0 Å². The average molecular weight is 252 g/mol. The summed E-state index contributed by atoms with van der Waals surface area (Å²) in [6.45, 7) is 13.2. The lowest BCUT2D eigenvalue weighted by Crippen LogP contribution is -2.63. The second-order valence-corrected chi connectivity index (χ2v) is 7.51. The highest BCUT2D eigenvalue weighted by Crippen LogP contribution is 2.28. The second-order valence-electron chi connectivity index (χ2n) is 7.51. The predicted octanol–water partition coefficient (Wildman–Crippen LogP) is 3.28. The topological polar surface area (TPSA) is 15.3 Å². The van der Waals surface area contributed by atoms with Crippen LogP contribution in [0.5, 0.6) is 0 Å². The number of rotatable bonds is 3. The first-order chi connectivity index (χ1) is 8.48. The van der Waals surface area contributed by atoms with Crippen molar-refractivity contribution < 1.29 is 0 Å². The molecule has 2 heteroatoms. The zero-order valence-corrected chi connectivity index (χ0v) is 12.8. The first-order valence-corrected chi connectivity index (χ1v) is 7.97. The van der Waals surface area contributed by atoms with Gasteiger partial charge in [0.25, 0.3) is 0 Å². The van der Waals surface area contributed by atoms with Gasteiger partial charge >= 0.3 is 0 Å². The molecule has 0 aromatic carbocycles. The summed E-state index contributed by atoms with van der Waals surface area (Å²) in [6.07, 6.45) is 7.33. The summed E-state index contributed by atoms with van der Waals surface area (Å²) in [5, 5.41) is 3.72. The van der Waals surface area contributed by atoms with Crippen LogP contribution in [0.15, 0.2) is 0 Å². The molecule has 106 valence electrons. The third-order valence-electron chi connectivity index (χ3n) is 4.84. The monoisotopic (exact) mass is 252 g/mol. The lowest BCUT2D eigenvalue weighted by molar-refractivity contribution is 0.0495. The molecule has 0 radical (unpaired) electrons. The minimum Gasteiger partial charge on any atom is -0.309 e. The summed E-state index contributed by atoms with van der Waals surface area (Å²) in [5.41, 5.74) is 0.292. The summed E-state index contributed by atoms with van der Waals surface area (Å²) in [6, 6.07) is 0.736. The molecule has 2 rings (SSSR count). The van der Waals surface area contributed by atoms with Crippen molar-refractivity contribution in [2.24, 2.45) is 11.8 Å². The normalized spacial score (nSPS) is 30.8. The zero-order chi connectivity index (χ0) is 13.2. The molecule has 2 aliphatic rings. The Labute approximate surface area is 114 Å². The molecule has 1 N–H and O–H groups in total. The fourth-order valence-electron chi connectivity index (χ4n) is 3.75. The number of nitrogens with one attached hydrogen (secondary N) is 1. The molecule has 1 saturated heterocycles. The Morgan fingerprint density at radius 1 is 1.17 bits per heavy atom. The van der Waals surface area contributed by atoms with E-state index in [0.717, 1.165) is 24.4 Å². The molecule has 0 aromatic heterocycles. The summed E-state index contributed by atoms with van der Waals surface area (Å²) in [4.78, 5) is 2.79. The fourth-order valence-corrected chi connectivity index (χ4v) is 3.75. The molecular formula is C16H32N2. The Morgan fingerprint density at radius 3 is 2.44 bits per heavy atom. The highest BCUT2D eigenvalue weighted by atomic mass is 15.3. The first kappa shape index (κ1) is 14.3. The van der Waals surface area contributed by atoms with Crippen LogP contribution in [-0.2, 0) is 0 Å². The van der Waals surface area contributed by atoms with Crippen molar-refractivity contribution in [1.82, 2.24) is 10.2 Å². The minimum absolute atomic E-state index is 0.292. The molecule has 18 heavy (non-hydrogen) atoms. The van der Waals surface area contributed by atoms with E-state index in [0.29, 0.717) is 5.54 Å². The third kappa shape index (κ3) is 3.71. The van der Waals surface area contributed by atoms with Gasteiger partial charge in [0.2, 0.25) is 0 Å². The predicted molar refractivity (Wildman–Crippen MR) is 78.9 cm³/mol. The van der Waals surface area contributed by atoms with Gasteiger partial charge in [-0.3, -0.25) is 4.90 Å². The van der Waals surface area contributed by atoms with E-state index in [9.17, 15) is 0 Å². The highest BCUT2D eigenvalue weighted by molar-refractivity contribution is 4.94. The van der Waals surface area contributed by atoms with Crippen LogP contribution in [0.3, 0.4) is 0 Å². The van der Waals surface area contributed by atoms with Crippen molar-refractivity contribution in [3.05, 3.63) is 0 Å². The van der Waals surface area contributed by atoms with Gasteiger partial charge in [-0.1, -0.05) is 33.1 Å². The van der Waals surface area contributed by atoms with Gasteiger partial charge in [-0.15, -0.1) is 0 Å². The van der Waals surface area contributed by atoms with Crippen LogP contribution in [0, 0.1) is 11.8 Å². The van der Waals surface area contributed by atoms with Gasteiger partial charge in [0.15, 0.2) is 0 Å². The molecule has 1 aliphatic carbocycles. The maximum atomic E-state index is 3.72. The maximum absolute atomic E-state index is 3.72. The van der Waals surface area contributed by atoms with Gasteiger partial charge in [0.05, 0.1) is 0 Å². The SMILES string of the molecule is CC(C)C1CNC(C)(C)CN1CC1CCCCC1. The van der Waals surface area contributed by atoms with Crippen molar-refractivity contribution in [2.75, 3.05) is 19.6 Å². The molecule has 1 saturated carbocycles. The highest BCUT2D eigenvalue weighted by Gasteiger charge is 2.34. The Bertz CT molecular complexity index is 254. The molecule has 0 spiro atoms. The van der Waals surface area contributed by atoms with E-state index < -0.39 is 0 Å². The number of hydrogen-bond acceptors (Lipinski definition) is 2. The molecular weight excluding hydrogens is 220 g/mol. The van der Waals surface area contributed by atoms with Crippen LogP contribution in [0.25, 0.3) is 0 Å². The Kier molecular flexibility index (Phi) is 4.71. The smallest absolute Gasteiger partial charge is 0.0252 e. The van der Waals surface area contributed by atoms with E-state index in [1.165, 1.54) is 45.2 Å². The zero-order valence-electron chi connectivity index (χ0n) is 12.8. The third-order valence-corrected chi connectivity index (χ3v) is 4.84. The minimum atomic E-state index is 0.292. The van der Waals surface area contributed by atoms with Gasteiger partial charge in [0, 0.05) is 31.2 Å². The van der Waals surface area contributed by atoms with E-state index >= 15 is 0 Å². The van der Waals surface area contributed by atoms with Crippen LogP contribution >= 0.6 is 0 Å².